The summed E-state index contributed by atoms with van der Waals surface area (Å²) >= 11 is 0. The molecular formula is C12H17N3O3S. The van der Waals surface area contributed by atoms with E-state index in [1.165, 1.54) is 18.2 Å². The number of rotatable bonds is 5. The first-order valence-corrected chi connectivity index (χ1v) is 7.23. The van der Waals surface area contributed by atoms with E-state index in [0.717, 1.165) is 0 Å². The fourth-order valence-electron chi connectivity index (χ4n) is 1.38. The number of nitriles is 1. The molecule has 1 aromatic rings. The molecule has 7 heteroatoms. The van der Waals surface area contributed by atoms with Gasteiger partial charge in [0.15, 0.2) is 0 Å². The zero-order valence-corrected chi connectivity index (χ0v) is 11.6. The van der Waals surface area contributed by atoms with Crippen molar-refractivity contribution in [2.24, 2.45) is 5.92 Å². The van der Waals surface area contributed by atoms with Crippen LogP contribution in [0, 0.1) is 17.2 Å². The minimum Gasteiger partial charge on any atom is -0.399 e. The molecule has 0 aromatic heterocycles. The number of nitrogens with one attached hydrogen (secondary N) is 1. The summed E-state index contributed by atoms with van der Waals surface area (Å²) in [6, 6.07) is 5.78. The summed E-state index contributed by atoms with van der Waals surface area (Å²) in [5.74, 6) is -0.0652. The minimum atomic E-state index is -3.84. The first-order valence-electron chi connectivity index (χ1n) is 5.75. The third-order valence-electron chi connectivity index (χ3n) is 2.67. The number of hydrogen-bond acceptors (Lipinski definition) is 5. The molecule has 1 unspecified atom stereocenters. The van der Waals surface area contributed by atoms with Gasteiger partial charge >= 0.3 is 0 Å². The molecule has 104 valence electrons. The second-order valence-electron chi connectivity index (χ2n) is 4.53. The van der Waals surface area contributed by atoms with E-state index in [-0.39, 0.29) is 22.9 Å². The molecule has 0 aliphatic rings. The number of aliphatic hydroxyl groups is 1. The van der Waals surface area contributed by atoms with Crippen LogP contribution in [0.25, 0.3) is 0 Å². The van der Waals surface area contributed by atoms with Gasteiger partial charge in [-0.25, -0.2) is 13.1 Å². The highest BCUT2D eigenvalue weighted by atomic mass is 32.2. The number of benzene rings is 1. The molecule has 0 aliphatic carbocycles. The van der Waals surface area contributed by atoms with Gasteiger partial charge < -0.3 is 10.8 Å². The van der Waals surface area contributed by atoms with Gasteiger partial charge in [0.25, 0.3) is 0 Å². The average molecular weight is 283 g/mol. The number of nitrogens with two attached hydrogens (primary N) is 1. The predicted molar refractivity (Wildman–Crippen MR) is 71.6 cm³/mol. The number of nitrogens with zero attached hydrogens (tertiary/aromatic N) is 1. The second-order valence-corrected chi connectivity index (χ2v) is 6.27. The fraction of sp³-hybridized carbons (Fsp3) is 0.417. The lowest BCUT2D eigenvalue weighted by Crippen LogP contribution is -2.35. The lowest BCUT2D eigenvalue weighted by molar-refractivity contribution is 0.129. The molecule has 0 fully saturated rings. The molecule has 19 heavy (non-hydrogen) atoms. The summed E-state index contributed by atoms with van der Waals surface area (Å²) in [6.07, 6.45) is -0.783. The molecule has 0 bridgehead atoms. The van der Waals surface area contributed by atoms with Crippen LogP contribution in [-0.4, -0.2) is 26.2 Å². The van der Waals surface area contributed by atoms with Crippen molar-refractivity contribution in [3.05, 3.63) is 23.8 Å². The molecule has 1 rings (SSSR count). The quantitative estimate of drug-likeness (QED) is 0.678. The summed E-state index contributed by atoms with van der Waals surface area (Å²) in [4.78, 5) is -0.139. The van der Waals surface area contributed by atoms with Gasteiger partial charge in [0.2, 0.25) is 10.0 Å². The molecule has 6 nitrogen and oxygen atoms in total. The standard InChI is InChI=1S/C12H17N3O3S/c1-8(2)11(16)7-15-19(17,18)12-4-3-10(14)5-9(12)6-13/h3-5,8,11,15-16H,7,14H2,1-2H3. The SMILES string of the molecule is CC(C)C(O)CNS(=O)(=O)c1ccc(N)cc1C#N. The molecule has 4 N–H and O–H groups in total. The molecule has 0 amide bonds. The van der Waals surface area contributed by atoms with Crippen molar-refractivity contribution in [3.8, 4) is 6.07 Å². The smallest absolute Gasteiger partial charge is 0.241 e. The van der Waals surface area contributed by atoms with Crippen molar-refractivity contribution in [2.45, 2.75) is 24.8 Å². The molecule has 0 heterocycles. The van der Waals surface area contributed by atoms with Crippen LogP contribution in [-0.2, 0) is 10.0 Å². The van der Waals surface area contributed by atoms with E-state index in [0.29, 0.717) is 5.69 Å². The molecule has 0 spiro atoms. The highest BCUT2D eigenvalue weighted by Gasteiger charge is 2.20. The van der Waals surface area contributed by atoms with E-state index in [4.69, 9.17) is 11.0 Å². The van der Waals surface area contributed by atoms with Gasteiger partial charge in [0.05, 0.1) is 16.6 Å². The lowest BCUT2D eigenvalue weighted by atomic mass is 10.1. The normalized spacial score (nSPS) is 13.2. The summed E-state index contributed by atoms with van der Waals surface area (Å²) in [6.45, 7) is 3.46. The van der Waals surface area contributed by atoms with E-state index in [1.54, 1.807) is 19.9 Å². The Bertz CT molecular complexity index is 591. The number of sulfonamides is 1. The Kier molecular flexibility index (Phi) is 4.89. The Labute approximate surface area is 112 Å². The minimum absolute atomic E-state index is 0.0217. The summed E-state index contributed by atoms with van der Waals surface area (Å²) in [5, 5.41) is 18.5. The van der Waals surface area contributed by atoms with Gasteiger partial charge in [-0.15, -0.1) is 0 Å². The van der Waals surface area contributed by atoms with E-state index in [2.05, 4.69) is 4.72 Å². The Morgan fingerprint density at radius 3 is 2.63 bits per heavy atom. The number of nitrogen functional groups attached to an aromatic ring is 1. The van der Waals surface area contributed by atoms with E-state index in [1.807, 2.05) is 0 Å². The van der Waals surface area contributed by atoms with Gasteiger partial charge in [0.1, 0.15) is 6.07 Å². The van der Waals surface area contributed by atoms with Crippen molar-refractivity contribution in [3.63, 3.8) is 0 Å². The van der Waals surface area contributed by atoms with Crippen LogP contribution in [0.2, 0.25) is 0 Å². The maximum absolute atomic E-state index is 12.0. The van der Waals surface area contributed by atoms with Crippen molar-refractivity contribution >= 4 is 15.7 Å². The van der Waals surface area contributed by atoms with Gasteiger partial charge in [-0.05, 0) is 24.1 Å². The largest absolute Gasteiger partial charge is 0.399 e. The first-order chi connectivity index (χ1) is 8.77. The number of aliphatic hydroxyl groups excluding tert-OH is 1. The van der Waals surface area contributed by atoms with Gasteiger partial charge in [-0.3, -0.25) is 0 Å². The molecule has 0 aliphatic heterocycles. The number of hydrogen-bond donors (Lipinski definition) is 3. The summed E-state index contributed by atoms with van der Waals surface area (Å²) in [7, 11) is -3.84. The third-order valence-corrected chi connectivity index (χ3v) is 4.15. The highest BCUT2D eigenvalue weighted by molar-refractivity contribution is 7.89. The topological polar surface area (TPSA) is 116 Å². The first kappa shape index (κ1) is 15.4. The lowest BCUT2D eigenvalue weighted by Gasteiger charge is -2.15. The third kappa shape index (κ3) is 3.92. The molecule has 0 saturated carbocycles. The maximum atomic E-state index is 12.0. The second kappa shape index (κ2) is 6.02. The van der Waals surface area contributed by atoms with Crippen LogP contribution < -0.4 is 10.5 Å². The fourth-order valence-corrected chi connectivity index (χ4v) is 2.56. The summed E-state index contributed by atoms with van der Waals surface area (Å²) < 4.78 is 26.4. The molecular weight excluding hydrogens is 266 g/mol. The number of anilines is 1. The Morgan fingerprint density at radius 2 is 2.11 bits per heavy atom. The van der Waals surface area contributed by atoms with Crippen molar-refractivity contribution in [1.29, 1.82) is 5.26 Å². The van der Waals surface area contributed by atoms with Crippen LogP contribution in [0.1, 0.15) is 19.4 Å². The Hall–Kier alpha value is -1.62. The van der Waals surface area contributed by atoms with E-state index < -0.39 is 16.1 Å². The van der Waals surface area contributed by atoms with Gasteiger partial charge in [0, 0.05) is 12.2 Å². The van der Waals surface area contributed by atoms with Crippen LogP contribution in [0.5, 0.6) is 0 Å². The Balaban J connectivity index is 2.99. The van der Waals surface area contributed by atoms with Crippen molar-refractivity contribution < 1.29 is 13.5 Å². The van der Waals surface area contributed by atoms with E-state index in [9.17, 15) is 13.5 Å². The molecule has 0 saturated heterocycles. The van der Waals surface area contributed by atoms with Crippen LogP contribution in [0.3, 0.4) is 0 Å². The zero-order valence-electron chi connectivity index (χ0n) is 10.8. The van der Waals surface area contributed by atoms with Crippen molar-refractivity contribution in [1.82, 2.24) is 4.72 Å². The van der Waals surface area contributed by atoms with Crippen LogP contribution in [0.4, 0.5) is 5.69 Å². The zero-order chi connectivity index (χ0) is 14.6. The van der Waals surface area contributed by atoms with Crippen LogP contribution >= 0.6 is 0 Å². The maximum Gasteiger partial charge on any atom is 0.241 e. The van der Waals surface area contributed by atoms with Gasteiger partial charge in [-0.2, -0.15) is 5.26 Å². The summed E-state index contributed by atoms with van der Waals surface area (Å²) in [5.41, 5.74) is 5.80. The van der Waals surface area contributed by atoms with Gasteiger partial charge in [-0.1, -0.05) is 13.8 Å². The average Bonchev–Trinajstić information content (AvgIpc) is 2.35. The predicted octanol–water partition coefficient (Wildman–Crippen LogP) is 0.436. The molecule has 0 radical (unpaired) electrons. The van der Waals surface area contributed by atoms with E-state index >= 15 is 0 Å². The van der Waals surface area contributed by atoms with Crippen LogP contribution in [0.15, 0.2) is 23.1 Å². The monoisotopic (exact) mass is 283 g/mol. The highest BCUT2D eigenvalue weighted by Crippen LogP contribution is 2.18. The Morgan fingerprint density at radius 1 is 1.47 bits per heavy atom. The van der Waals surface area contributed by atoms with Crippen molar-refractivity contribution in [2.75, 3.05) is 12.3 Å². The molecule has 1 atom stereocenters. The molecule has 1 aromatic carbocycles.